The van der Waals surface area contributed by atoms with Crippen molar-refractivity contribution in [2.24, 2.45) is 0 Å². The summed E-state index contributed by atoms with van der Waals surface area (Å²) < 4.78 is 39.7. The lowest BCUT2D eigenvalue weighted by Crippen LogP contribution is -2.58. The molecule has 1 aliphatic heterocycles. The SMILES string of the molecule is CCOc1ccc(C(Cl)c2cc(C3OC(COCc4ccccc4)C(OCc4ccccc4)C(OCc4ccccc4)C3OCc3ccccc3)ccc2Cl)nn1. The van der Waals surface area contributed by atoms with Crippen LogP contribution in [0.3, 0.4) is 0 Å². The Morgan fingerprint density at radius 1 is 0.596 bits per heavy atom. The summed E-state index contributed by atoms with van der Waals surface area (Å²) in [5.74, 6) is 0.421. The van der Waals surface area contributed by atoms with Gasteiger partial charge in [0.15, 0.2) is 0 Å². The fourth-order valence-electron chi connectivity index (χ4n) is 6.84. The van der Waals surface area contributed by atoms with Crippen LogP contribution in [0.25, 0.3) is 0 Å². The Bertz CT molecular complexity index is 2080. The van der Waals surface area contributed by atoms with E-state index >= 15 is 0 Å². The molecule has 6 aromatic rings. The summed E-state index contributed by atoms with van der Waals surface area (Å²) in [5, 5.41) is 8.33. The lowest BCUT2D eigenvalue weighted by atomic mass is 9.89. The number of hydrogen-bond donors (Lipinski definition) is 0. The van der Waals surface area contributed by atoms with E-state index in [-0.39, 0.29) is 6.61 Å². The molecule has 0 spiro atoms. The van der Waals surface area contributed by atoms with Crippen LogP contribution in [-0.2, 0) is 50.1 Å². The van der Waals surface area contributed by atoms with Crippen molar-refractivity contribution in [3.8, 4) is 5.88 Å². The van der Waals surface area contributed by atoms with Gasteiger partial charge in [0.05, 0.1) is 45.3 Å². The third kappa shape index (κ3) is 11.1. The van der Waals surface area contributed by atoms with E-state index in [4.69, 9.17) is 51.6 Å². The molecule has 0 radical (unpaired) electrons. The molecular formula is C47H46Cl2N2O6. The molecule has 6 atom stereocenters. The Morgan fingerprint density at radius 2 is 1.12 bits per heavy atom. The number of nitrogens with zero attached hydrogens (tertiary/aromatic N) is 2. The Labute approximate surface area is 344 Å². The second kappa shape index (κ2) is 20.7. The molecule has 0 bridgehead atoms. The smallest absolute Gasteiger partial charge is 0.233 e. The quantitative estimate of drug-likeness (QED) is 0.0795. The summed E-state index contributed by atoms with van der Waals surface area (Å²) in [7, 11) is 0. The minimum absolute atomic E-state index is 0.238. The van der Waals surface area contributed by atoms with E-state index in [0.29, 0.717) is 55.2 Å². The number of ether oxygens (including phenoxy) is 6. The molecule has 7 rings (SSSR count). The monoisotopic (exact) mass is 804 g/mol. The number of benzene rings is 5. The van der Waals surface area contributed by atoms with Gasteiger partial charge in [-0.15, -0.1) is 21.8 Å². The zero-order chi connectivity index (χ0) is 39.2. The van der Waals surface area contributed by atoms with Crippen LogP contribution < -0.4 is 4.74 Å². The highest BCUT2D eigenvalue weighted by Crippen LogP contribution is 2.41. The van der Waals surface area contributed by atoms with Crippen molar-refractivity contribution >= 4 is 23.2 Å². The van der Waals surface area contributed by atoms with Crippen LogP contribution in [0.5, 0.6) is 5.88 Å². The van der Waals surface area contributed by atoms with E-state index in [1.165, 1.54) is 0 Å². The first-order chi connectivity index (χ1) is 28.1. The molecule has 294 valence electrons. The average Bonchev–Trinajstić information content (AvgIpc) is 3.26. The fourth-order valence-corrected chi connectivity index (χ4v) is 7.42. The number of rotatable bonds is 18. The van der Waals surface area contributed by atoms with Crippen LogP contribution in [0.1, 0.15) is 57.5 Å². The second-order valence-electron chi connectivity index (χ2n) is 13.8. The maximum Gasteiger partial charge on any atom is 0.233 e. The second-order valence-corrected chi connectivity index (χ2v) is 14.6. The molecule has 2 heterocycles. The van der Waals surface area contributed by atoms with Crippen molar-refractivity contribution in [2.75, 3.05) is 13.2 Å². The molecule has 0 amide bonds. The Morgan fingerprint density at radius 3 is 1.65 bits per heavy atom. The van der Waals surface area contributed by atoms with Gasteiger partial charge < -0.3 is 28.4 Å². The highest BCUT2D eigenvalue weighted by Gasteiger charge is 2.49. The highest BCUT2D eigenvalue weighted by atomic mass is 35.5. The van der Waals surface area contributed by atoms with Crippen molar-refractivity contribution in [2.45, 2.75) is 69.2 Å². The summed E-state index contributed by atoms with van der Waals surface area (Å²) in [6.45, 7) is 4.01. The lowest BCUT2D eigenvalue weighted by molar-refractivity contribution is -0.275. The third-order valence-electron chi connectivity index (χ3n) is 9.72. The van der Waals surface area contributed by atoms with Gasteiger partial charge in [0.2, 0.25) is 5.88 Å². The van der Waals surface area contributed by atoms with Crippen molar-refractivity contribution in [3.05, 3.63) is 196 Å². The van der Waals surface area contributed by atoms with Crippen LogP contribution in [-0.4, -0.2) is 47.8 Å². The number of alkyl halides is 1. The van der Waals surface area contributed by atoms with Gasteiger partial charge in [0.1, 0.15) is 35.9 Å². The van der Waals surface area contributed by atoms with Crippen LogP contribution in [0.15, 0.2) is 152 Å². The van der Waals surface area contributed by atoms with E-state index in [2.05, 4.69) is 10.2 Å². The van der Waals surface area contributed by atoms with Crippen molar-refractivity contribution in [1.82, 2.24) is 10.2 Å². The summed E-state index contributed by atoms with van der Waals surface area (Å²) in [4.78, 5) is 0. The summed E-state index contributed by atoms with van der Waals surface area (Å²) in [5.41, 5.74) is 6.11. The molecule has 1 aliphatic rings. The number of hydrogen-bond acceptors (Lipinski definition) is 8. The van der Waals surface area contributed by atoms with Crippen LogP contribution in [0.2, 0.25) is 5.02 Å². The molecule has 8 nitrogen and oxygen atoms in total. The summed E-state index contributed by atoms with van der Waals surface area (Å²) in [6, 6.07) is 49.6. The van der Waals surface area contributed by atoms with Crippen LogP contribution in [0.4, 0.5) is 0 Å². The molecule has 0 N–H and O–H groups in total. The van der Waals surface area contributed by atoms with E-state index in [9.17, 15) is 0 Å². The predicted octanol–water partition coefficient (Wildman–Crippen LogP) is 10.3. The van der Waals surface area contributed by atoms with E-state index in [1.54, 1.807) is 12.1 Å². The van der Waals surface area contributed by atoms with Crippen LogP contribution in [0, 0.1) is 0 Å². The molecule has 5 aromatic carbocycles. The zero-order valence-electron chi connectivity index (χ0n) is 31.7. The maximum atomic E-state index is 7.13. The van der Waals surface area contributed by atoms with Gasteiger partial charge in [-0.05, 0) is 58.5 Å². The third-order valence-corrected chi connectivity index (χ3v) is 10.5. The molecule has 6 unspecified atom stereocenters. The predicted molar refractivity (Wildman–Crippen MR) is 221 cm³/mol. The van der Waals surface area contributed by atoms with Gasteiger partial charge in [-0.2, -0.15) is 0 Å². The molecular weight excluding hydrogens is 759 g/mol. The highest BCUT2D eigenvalue weighted by molar-refractivity contribution is 6.33. The minimum atomic E-state index is -0.704. The van der Waals surface area contributed by atoms with Gasteiger partial charge >= 0.3 is 0 Å². The Balaban J connectivity index is 1.27. The van der Waals surface area contributed by atoms with E-state index in [1.807, 2.05) is 146 Å². The minimum Gasteiger partial charge on any atom is -0.477 e. The van der Waals surface area contributed by atoms with Gasteiger partial charge in [-0.1, -0.05) is 139 Å². The lowest BCUT2D eigenvalue weighted by Gasteiger charge is -2.46. The topological polar surface area (TPSA) is 81.2 Å². The Hall–Kier alpha value is -4.64. The van der Waals surface area contributed by atoms with Crippen molar-refractivity contribution in [3.63, 3.8) is 0 Å². The molecule has 57 heavy (non-hydrogen) atoms. The van der Waals surface area contributed by atoms with Gasteiger partial charge in [0, 0.05) is 11.1 Å². The zero-order valence-corrected chi connectivity index (χ0v) is 33.3. The van der Waals surface area contributed by atoms with Crippen LogP contribution >= 0.6 is 23.2 Å². The molecule has 1 fully saturated rings. The van der Waals surface area contributed by atoms with E-state index < -0.39 is 35.9 Å². The summed E-state index contributed by atoms with van der Waals surface area (Å²) >= 11 is 14.0. The molecule has 1 saturated heterocycles. The summed E-state index contributed by atoms with van der Waals surface area (Å²) in [6.07, 6.45) is -2.99. The fraction of sp³-hybridized carbons (Fsp3) is 0.277. The number of halogens is 2. The first-order valence-corrected chi connectivity index (χ1v) is 20.0. The normalized spacial score (nSPS) is 19.9. The van der Waals surface area contributed by atoms with Gasteiger partial charge in [-0.25, -0.2) is 0 Å². The molecule has 0 saturated carbocycles. The standard InChI is InChI=1S/C47H46Cl2N2O6/c1-2-53-42-26-25-40(50-51-42)43(49)38-27-37(23-24-39(38)48)44-46(55-30-35-19-11-5-12-20-35)47(56-31-36-21-13-6-14-22-36)45(54-29-34-17-9-4-10-18-34)41(57-44)32-52-28-33-15-7-3-8-16-33/h3-27,41,43-47H,2,28-32H2,1H3. The van der Waals surface area contributed by atoms with E-state index in [0.717, 1.165) is 27.8 Å². The molecule has 10 heteroatoms. The van der Waals surface area contributed by atoms with Gasteiger partial charge in [-0.3, -0.25) is 0 Å². The van der Waals surface area contributed by atoms with Gasteiger partial charge in [0.25, 0.3) is 0 Å². The molecule has 0 aliphatic carbocycles. The first kappa shape index (κ1) is 40.6. The maximum absolute atomic E-state index is 7.13. The Kier molecular flexibility index (Phi) is 14.7. The van der Waals surface area contributed by atoms with Crippen molar-refractivity contribution < 1.29 is 28.4 Å². The molecule has 1 aromatic heterocycles. The van der Waals surface area contributed by atoms with Crippen molar-refractivity contribution in [1.29, 1.82) is 0 Å². The number of aromatic nitrogens is 2. The largest absolute Gasteiger partial charge is 0.477 e. The first-order valence-electron chi connectivity index (χ1n) is 19.2. The average molecular weight is 806 g/mol.